The van der Waals surface area contributed by atoms with Crippen molar-refractivity contribution in [3.63, 3.8) is 0 Å². The molecule has 0 bridgehead atoms. The van der Waals surface area contributed by atoms with Crippen LogP contribution in [-0.4, -0.2) is 44.0 Å². The second kappa shape index (κ2) is 31.4. The molecule has 0 saturated carbocycles. The number of likely N-dealkylation sites (N-methyl/N-ethyl adjacent to an activating group) is 1. The van der Waals surface area contributed by atoms with Gasteiger partial charge in [0.25, 0.3) is 0 Å². The smallest absolute Gasteiger partial charge is 0.168 e. The standard InChI is InChI=1S/C42H77NO2/c1-5-7-9-11-13-15-17-19-21-23-25-27-29-31-33-35-37-42(44-40-41(45-42)39-43(3)4)38-36-34-32-30-28-26-24-22-20-18-16-14-12-10-8-6-2/h13-16,19-22,41H,5-12,17-18,23-40H2,1-4H3/b15-13-,16-14-,21-19-,22-20-/t41-/m1/s1. The molecule has 45 heavy (non-hydrogen) atoms. The van der Waals surface area contributed by atoms with Gasteiger partial charge in [-0.05, 0) is 91.1 Å². The Kier molecular flexibility index (Phi) is 29.2. The fraction of sp³-hybridized carbons (Fsp3) is 0.810. The normalized spacial score (nSPS) is 17.0. The highest BCUT2D eigenvalue weighted by Gasteiger charge is 2.40. The Balaban J connectivity index is 2.13. The van der Waals surface area contributed by atoms with Crippen LogP contribution in [0.1, 0.15) is 181 Å². The zero-order valence-corrected chi connectivity index (χ0v) is 30.8. The summed E-state index contributed by atoms with van der Waals surface area (Å²) < 4.78 is 13.0. The highest BCUT2D eigenvalue weighted by molar-refractivity contribution is 4.93. The average molecular weight is 628 g/mol. The van der Waals surface area contributed by atoms with Gasteiger partial charge in [0.2, 0.25) is 0 Å². The maximum absolute atomic E-state index is 6.62. The van der Waals surface area contributed by atoms with Gasteiger partial charge in [-0.15, -0.1) is 0 Å². The average Bonchev–Trinajstić information content (AvgIpc) is 3.42. The third-order valence-electron chi connectivity index (χ3n) is 9.00. The first-order valence-corrected chi connectivity index (χ1v) is 19.7. The fourth-order valence-electron chi connectivity index (χ4n) is 6.27. The lowest BCUT2D eigenvalue weighted by Gasteiger charge is -2.29. The van der Waals surface area contributed by atoms with Crippen molar-refractivity contribution in [2.75, 3.05) is 27.2 Å². The summed E-state index contributed by atoms with van der Waals surface area (Å²) in [5.74, 6) is -0.328. The number of hydrogen-bond donors (Lipinski definition) is 0. The van der Waals surface area contributed by atoms with Crippen LogP contribution < -0.4 is 0 Å². The molecule has 3 heteroatoms. The van der Waals surface area contributed by atoms with Crippen LogP contribution >= 0.6 is 0 Å². The second-order valence-corrected chi connectivity index (χ2v) is 13.9. The van der Waals surface area contributed by atoms with Gasteiger partial charge in [-0.2, -0.15) is 0 Å². The van der Waals surface area contributed by atoms with Crippen LogP contribution in [0.5, 0.6) is 0 Å². The summed E-state index contributed by atoms with van der Waals surface area (Å²) in [6.45, 7) is 6.24. The molecule has 1 rings (SSSR count). The van der Waals surface area contributed by atoms with Crippen LogP contribution in [-0.2, 0) is 9.47 Å². The quantitative estimate of drug-likeness (QED) is 0.0547. The molecule has 1 aliphatic rings. The molecule has 1 saturated heterocycles. The lowest BCUT2D eigenvalue weighted by molar-refractivity contribution is -0.180. The molecule has 0 unspecified atom stereocenters. The van der Waals surface area contributed by atoms with Gasteiger partial charge in [-0.3, -0.25) is 0 Å². The van der Waals surface area contributed by atoms with Crippen LogP contribution in [0, 0.1) is 0 Å². The van der Waals surface area contributed by atoms with Crippen LogP contribution in [0.25, 0.3) is 0 Å². The minimum atomic E-state index is -0.328. The largest absolute Gasteiger partial charge is 0.347 e. The molecule has 0 aromatic heterocycles. The summed E-state index contributed by atoms with van der Waals surface area (Å²) in [6, 6.07) is 0. The summed E-state index contributed by atoms with van der Waals surface area (Å²) in [6.07, 6.45) is 52.1. The van der Waals surface area contributed by atoms with Crippen LogP contribution in [0.2, 0.25) is 0 Å². The number of ether oxygens (including phenoxy) is 2. The number of unbranched alkanes of at least 4 members (excludes halogenated alkanes) is 18. The van der Waals surface area contributed by atoms with Crippen molar-refractivity contribution in [3.8, 4) is 0 Å². The predicted octanol–water partition coefficient (Wildman–Crippen LogP) is 13.1. The van der Waals surface area contributed by atoms with Crippen molar-refractivity contribution >= 4 is 0 Å². The van der Waals surface area contributed by atoms with Gasteiger partial charge < -0.3 is 14.4 Å². The summed E-state index contributed by atoms with van der Waals surface area (Å²) in [4.78, 5) is 2.23. The molecule has 1 aliphatic heterocycles. The number of nitrogens with zero attached hydrogens (tertiary/aromatic N) is 1. The molecule has 1 fully saturated rings. The van der Waals surface area contributed by atoms with Crippen molar-refractivity contribution < 1.29 is 9.47 Å². The molecule has 0 aliphatic carbocycles. The van der Waals surface area contributed by atoms with E-state index in [-0.39, 0.29) is 11.9 Å². The van der Waals surface area contributed by atoms with Crippen molar-refractivity contribution in [1.82, 2.24) is 4.90 Å². The van der Waals surface area contributed by atoms with E-state index in [4.69, 9.17) is 9.47 Å². The van der Waals surface area contributed by atoms with Gasteiger partial charge in [0.15, 0.2) is 5.79 Å². The number of hydrogen-bond acceptors (Lipinski definition) is 3. The van der Waals surface area contributed by atoms with Crippen LogP contribution in [0.3, 0.4) is 0 Å². The predicted molar refractivity (Wildman–Crippen MR) is 200 cm³/mol. The summed E-state index contributed by atoms with van der Waals surface area (Å²) >= 11 is 0. The van der Waals surface area contributed by atoms with Gasteiger partial charge in [0.1, 0.15) is 0 Å². The van der Waals surface area contributed by atoms with E-state index < -0.39 is 0 Å². The van der Waals surface area contributed by atoms with E-state index in [2.05, 4.69) is 81.5 Å². The molecule has 262 valence electrons. The zero-order valence-electron chi connectivity index (χ0n) is 30.8. The Hall–Kier alpha value is -1.16. The molecule has 0 aromatic rings. The third kappa shape index (κ3) is 26.6. The Morgan fingerprint density at radius 2 is 0.889 bits per heavy atom. The van der Waals surface area contributed by atoms with E-state index in [9.17, 15) is 0 Å². The Morgan fingerprint density at radius 1 is 0.511 bits per heavy atom. The van der Waals surface area contributed by atoms with Crippen molar-refractivity contribution in [1.29, 1.82) is 0 Å². The summed E-state index contributed by atoms with van der Waals surface area (Å²) in [7, 11) is 4.27. The molecular weight excluding hydrogens is 550 g/mol. The lowest BCUT2D eigenvalue weighted by Crippen LogP contribution is -2.33. The zero-order chi connectivity index (χ0) is 32.5. The van der Waals surface area contributed by atoms with E-state index in [1.54, 1.807) is 0 Å². The van der Waals surface area contributed by atoms with E-state index in [1.165, 1.54) is 141 Å². The lowest BCUT2D eigenvalue weighted by atomic mass is 9.98. The fourth-order valence-corrected chi connectivity index (χ4v) is 6.27. The van der Waals surface area contributed by atoms with Gasteiger partial charge in [-0.1, -0.05) is 140 Å². The van der Waals surface area contributed by atoms with E-state index in [0.29, 0.717) is 0 Å². The molecule has 0 N–H and O–H groups in total. The van der Waals surface area contributed by atoms with Crippen LogP contribution in [0.15, 0.2) is 48.6 Å². The maximum Gasteiger partial charge on any atom is 0.168 e. The third-order valence-corrected chi connectivity index (χ3v) is 9.00. The first-order valence-electron chi connectivity index (χ1n) is 19.7. The van der Waals surface area contributed by atoms with Crippen LogP contribution in [0.4, 0.5) is 0 Å². The monoisotopic (exact) mass is 628 g/mol. The Bertz CT molecular complexity index is 689. The Morgan fingerprint density at radius 3 is 1.29 bits per heavy atom. The van der Waals surface area contributed by atoms with Gasteiger partial charge in [-0.25, -0.2) is 0 Å². The highest BCUT2D eigenvalue weighted by Crippen LogP contribution is 2.35. The summed E-state index contributed by atoms with van der Waals surface area (Å²) in [5, 5.41) is 0. The first-order chi connectivity index (χ1) is 22.1. The van der Waals surface area contributed by atoms with Gasteiger partial charge in [0.05, 0.1) is 12.7 Å². The van der Waals surface area contributed by atoms with Gasteiger partial charge in [0, 0.05) is 19.4 Å². The molecule has 0 radical (unpaired) electrons. The molecule has 1 heterocycles. The molecule has 0 amide bonds. The molecule has 1 atom stereocenters. The summed E-state index contributed by atoms with van der Waals surface area (Å²) in [5.41, 5.74) is 0. The van der Waals surface area contributed by atoms with E-state index >= 15 is 0 Å². The number of allylic oxidation sites excluding steroid dienone is 8. The minimum Gasteiger partial charge on any atom is -0.347 e. The molecule has 0 spiro atoms. The Labute approximate surface area is 282 Å². The minimum absolute atomic E-state index is 0.217. The van der Waals surface area contributed by atoms with Crippen molar-refractivity contribution in [2.24, 2.45) is 0 Å². The molecule has 0 aromatic carbocycles. The number of rotatable bonds is 32. The molecular formula is C42H77NO2. The van der Waals surface area contributed by atoms with E-state index in [1.807, 2.05) is 0 Å². The van der Waals surface area contributed by atoms with Gasteiger partial charge >= 0.3 is 0 Å². The molecule has 3 nitrogen and oxygen atoms in total. The maximum atomic E-state index is 6.62. The first kappa shape index (κ1) is 41.9. The van der Waals surface area contributed by atoms with Crippen molar-refractivity contribution in [2.45, 2.75) is 193 Å². The topological polar surface area (TPSA) is 21.7 Å². The SMILES string of the molecule is CCCCC/C=C\C/C=C\CCCCCCCCC1(CCCCCCCC/C=C\C/C=C\CCCCC)OC[C@@H](CN(C)C)O1. The second-order valence-electron chi connectivity index (χ2n) is 13.9. The van der Waals surface area contributed by atoms with Crippen molar-refractivity contribution in [3.05, 3.63) is 48.6 Å². The highest BCUT2D eigenvalue weighted by atomic mass is 16.7. The van der Waals surface area contributed by atoms with E-state index in [0.717, 1.165) is 38.8 Å².